The molecule has 0 aromatic heterocycles. The molecule has 252 valence electrons. The van der Waals surface area contributed by atoms with Crippen molar-refractivity contribution in [1.82, 2.24) is 0 Å². The molecule has 0 saturated carbocycles. The van der Waals surface area contributed by atoms with Crippen LogP contribution in [0.1, 0.15) is 22.3 Å². The normalized spacial score (nSPS) is 17.0. The third-order valence-electron chi connectivity index (χ3n) is 7.21. The molecule has 13 heteroatoms. The van der Waals surface area contributed by atoms with Gasteiger partial charge in [-0.25, -0.2) is 0 Å². The molecule has 2 aliphatic heterocycles. The fourth-order valence-corrected chi connectivity index (χ4v) is 4.71. The number of hydrogen-bond acceptors (Lipinski definition) is 10. The maximum absolute atomic E-state index is 10.7. The minimum Gasteiger partial charge on any atom is -0.490 e. The van der Waals surface area contributed by atoms with Crippen LogP contribution in [0.5, 0.6) is 11.5 Å². The van der Waals surface area contributed by atoms with Crippen molar-refractivity contribution in [1.29, 1.82) is 0 Å². The SMILES string of the molecule is O.O=[N+]([O-])c1ccc(/C=C/C2=NCC(O)COc3ccccc32)cc1.O=[N+]([O-])c1ccc(/C=C/C2=NCC(O)COc3ccccc32)cc1. The molecule has 0 spiro atoms. The van der Waals surface area contributed by atoms with Gasteiger partial charge in [-0.05, 0) is 71.8 Å². The van der Waals surface area contributed by atoms with Crippen LogP contribution in [-0.2, 0) is 0 Å². The number of aliphatic hydroxyl groups excluding tert-OH is 2. The van der Waals surface area contributed by atoms with Gasteiger partial charge < -0.3 is 25.2 Å². The summed E-state index contributed by atoms with van der Waals surface area (Å²) in [7, 11) is 0. The average molecular weight is 667 g/mol. The molecule has 6 rings (SSSR count). The lowest BCUT2D eigenvalue weighted by atomic mass is 10.1. The van der Waals surface area contributed by atoms with Crippen LogP contribution in [0.25, 0.3) is 12.2 Å². The Labute approximate surface area is 281 Å². The van der Waals surface area contributed by atoms with E-state index in [9.17, 15) is 30.4 Å². The number of para-hydroxylation sites is 2. The first kappa shape index (κ1) is 35.8. The van der Waals surface area contributed by atoms with Crippen molar-refractivity contribution in [3.8, 4) is 11.5 Å². The number of non-ortho nitro benzene ring substituents is 2. The molecular formula is C36H34N4O9. The van der Waals surface area contributed by atoms with Crippen molar-refractivity contribution in [2.45, 2.75) is 12.2 Å². The first-order chi connectivity index (χ1) is 23.3. The number of nitro benzene ring substituents is 2. The zero-order valence-electron chi connectivity index (χ0n) is 26.2. The van der Waals surface area contributed by atoms with E-state index in [1.165, 1.54) is 24.3 Å². The van der Waals surface area contributed by atoms with Crippen LogP contribution in [0.15, 0.2) is 119 Å². The van der Waals surface area contributed by atoms with Crippen LogP contribution in [0.3, 0.4) is 0 Å². The topological polar surface area (TPSA) is 201 Å². The van der Waals surface area contributed by atoms with Gasteiger partial charge in [0, 0.05) is 35.4 Å². The molecule has 0 bridgehead atoms. The summed E-state index contributed by atoms with van der Waals surface area (Å²) >= 11 is 0. The minimum absolute atomic E-state index is 0. The Kier molecular flexibility index (Phi) is 12.6. The highest BCUT2D eigenvalue weighted by Crippen LogP contribution is 2.24. The predicted molar refractivity (Wildman–Crippen MR) is 187 cm³/mol. The summed E-state index contributed by atoms with van der Waals surface area (Å²) in [5.74, 6) is 1.34. The summed E-state index contributed by atoms with van der Waals surface area (Å²) in [4.78, 5) is 29.4. The molecule has 0 radical (unpaired) electrons. The second kappa shape index (κ2) is 17.2. The van der Waals surface area contributed by atoms with Crippen molar-refractivity contribution in [2.24, 2.45) is 9.98 Å². The summed E-state index contributed by atoms with van der Waals surface area (Å²) in [6, 6.07) is 27.6. The minimum atomic E-state index is -0.652. The highest BCUT2D eigenvalue weighted by molar-refractivity contribution is 6.13. The summed E-state index contributed by atoms with van der Waals surface area (Å²) in [5, 5.41) is 41.0. The van der Waals surface area contributed by atoms with Crippen molar-refractivity contribution >= 4 is 35.0 Å². The van der Waals surface area contributed by atoms with Gasteiger partial charge in [0.25, 0.3) is 11.4 Å². The van der Waals surface area contributed by atoms with Crippen molar-refractivity contribution < 1.29 is 35.0 Å². The molecule has 0 saturated heterocycles. The number of allylic oxidation sites excluding steroid dienone is 2. The molecule has 49 heavy (non-hydrogen) atoms. The summed E-state index contributed by atoms with van der Waals surface area (Å²) in [6.45, 7) is 0.933. The number of aliphatic hydroxyl groups is 2. The first-order valence-corrected chi connectivity index (χ1v) is 15.0. The molecule has 4 N–H and O–H groups in total. The van der Waals surface area contributed by atoms with E-state index in [0.717, 1.165) is 22.3 Å². The fourth-order valence-electron chi connectivity index (χ4n) is 4.71. The molecule has 2 unspecified atom stereocenters. The molecule has 0 aliphatic carbocycles. The number of fused-ring (bicyclic) bond motifs is 2. The van der Waals surface area contributed by atoms with Gasteiger partial charge in [0.05, 0.1) is 34.4 Å². The molecule has 2 aliphatic rings. The highest BCUT2D eigenvalue weighted by Gasteiger charge is 2.16. The standard InChI is InChI=1S/2C18H16N2O4.H2O/c2*21-15-11-19-17(16-3-1-2-4-18(16)24-12-15)10-7-13-5-8-14(9-6-13)20(22)23;/h2*1-10,15,21H,11-12H2;1H2/b2*10-7+,19-17?;. The van der Waals surface area contributed by atoms with E-state index in [1.54, 1.807) is 24.3 Å². The monoisotopic (exact) mass is 666 g/mol. The lowest BCUT2D eigenvalue weighted by Crippen LogP contribution is -2.24. The number of ether oxygens (including phenoxy) is 2. The van der Waals surface area contributed by atoms with Gasteiger partial charge >= 0.3 is 0 Å². The Morgan fingerprint density at radius 1 is 0.592 bits per heavy atom. The van der Waals surface area contributed by atoms with Crippen LogP contribution < -0.4 is 9.47 Å². The quantitative estimate of drug-likeness (QED) is 0.214. The van der Waals surface area contributed by atoms with E-state index in [0.29, 0.717) is 22.9 Å². The molecule has 4 aromatic carbocycles. The van der Waals surface area contributed by atoms with Crippen LogP contribution in [0.4, 0.5) is 11.4 Å². The largest absolute Gasteiger partial charge is 0.490 e. The average Bonchev–Trinajstić information content (AvgIpc) is 3.09. The number of rotatable bonds is 6. The van der Waals surface area contributed by atoms with Gasteiger partial charge in [0.1, 0.15) is 36.9 Å². The Bertz CT molecular complexity index is 1730. The first-order valence-electron chi connectivity index (χ1n) is 15.0. The van der Waals surface area contributed by atoms with Gasteiger partial charge in [0.15, 0.2) is 0 Å². The molecule has 0 amide bonds. The van der Waals surface area contributed by atoms with Gasteiger partial charge in [-0.1, -0.05) is 36.4 Å². The molecule has 0 fully saturated rings. The zero-order valence-corrected chi connectivity index (χ0v) is 26.2. The maximum atomic E-state index is 10.7. The number of benzene rings is 4. The van der Waals surface area contributed by atoms with Gasteiger partial charge in [-0.2, -0.15) is 0 Å². The fraction of sp³-hybridized carbons (Fsp3) is 0.167. The Hall–Kier alpha value is -6.02. The number of hydrogen-bond donors (Lipinski definition) is 2. The number of nitrogens with zero attached hydrogens (tertiary/aromatic N) is 4. The smallest absolute Gasteiger partial charge is 0.269 e. The Balaban J connectivity index is 0.000000216. The lowest BCUT2D eigenvalue weighted by molar-refractivity contribution is -0.385. The molecule has 13 nitrogen and oxygen atoms in total. The molecule has 2 heterocycles. The van der Waals surface area contributed by atoms with E-state index in [2.05, 4.69) is 9.98 Å². The van der Waals surface area contributed by atoms with Gasteiger partial charge in [-0.3, -0.25) is 30.2 Å². The van der Waals surface area contributed by atoms with Gasteiger partial charge in [-0.15, -0.1) is 0 Å². The Morgan fingerprint density at radius 3 is 1.33 bits per heavy atom. The Morgan fingerprint density at radius 2 is 0.959 bits per heavy atom. The van der Waals surface area contributed by atoms with Gasteiger partial charge in [0.2, 0.25) is 0 Å². The van der Waals surface area contributed by atoms with Crippen LogP contribution in [0, 0.1) is 20.2 Å². The third-order valence-corrected chi connectivity index (χ3v) is 7.21. The van der Waals surface area contributed by atoms with E-state index < -0.39 is 22.1 Å². The van der Waals surface area contributed by atoms with Crippen molar-refractivity contribution in [2.75, 3.05) is 26.3 Å². The predicted octanol–water partition coefficient (Wildman–Crippen LogP) is 4.88. The summed E-state index contributed by atoms with van der Waals surface area (Å²) in [5.41, 5.74) is 4.85. The molecule has 4 aromatic rings. The van der Waals surface area contributed by atoms with Crippen LogP contribution in [-0.4, -0.2) is 75.5 Å². The van der Waals surface area contributed by atoms with Crippen LogP contribution >= 0.6 is 0 Å². The maximum Gasteiger partial charge on any atom is 0.269 e. The third kappa shape index (κ3) is 9.98. The van der Waals surface area contributed by atoms with E-state index in [4.69, 9.17) is 9.47 Å². The van der Waals surface area contributed by atoms with E-state index in [1.807, 2.05) is 72.8 Å². The molecular weight excluding hydrogens is 632 g/mol. The summed E-state index contributed by atoms with van der Waals surface area (Å²) in [6.07, 6.45) is 5.99. The van der Waals surface area contributed by atoms with E-state index >= 15 is 0 Å². The number of nitro groups is 2. The second-order valence-corrected chi connectivity index (χ2v) is 10.7. The highest BCUT2D eigenvalue weighted by atomic mass is 16.6. The number of aliphatic imine (C=N–C) groups is 2. The van der Waals surface area contributed by atoms with Crippen LogP contribution in [0.2, 0.25) is 0 Å². The van der Waals surface area contributed by atoms with Crippen molar-refractivity contribution in [3.05, 3.63) is 152 Å². The van der Waals surface area contributed by atoms with Crippen molar-refractivity contribution in [3.63, 3.8) is 0 Å². The molecule has 2 atom stereocenters. The zero-order chi connectivity index (χ0) is 33.9. The summed E-state index contributed by atoms with van der Waals surface area (Å²) < 4.78 is 11.3. The second-order valence-electron chi connectivity index (χ2n) is 10.7. The lowest BCUT2D eigenvalue weighted by Gasteiger charge is -2.17. The van der Waals surface area contributed by atoms with E-state index in [-0.39, 0.29) is 43.2 Å².